The molecule has 0 aromatic carbocycles. The molecule has 1 saturated heterocycles. The number of aromatic nitrogens is 3. The van der Waals surface area contributed by atoms with Crippen LogP contribution in [0.15, 0.2) is 34.2 Å². The Hall–Kier alpha value is -2.13. The van der Waals surface area contributed by atoms with Crippen LogP contribution in [0.25, 0.3) is 10.3 Å². The van der Waals surface area contributed by atoms with Gasteiger partial charge in [-0.2, -0.15) is 4.98 Å². The molecule has 1 fully saturated rings. The predicted octanol–water partition coefficient (Wildman–Crippen LogP) is 3.32. The molecule has 0 aliphatic carbocycles. The molecule has 0 unspecified atom stereocenters. The number of rotatable bonds is 6. The lowest BCUT2D eigenvalue weighted by Crippen LogP contribution is -2.34. The van der Waals surface area contributed by atoms with Crippen LogP contribution in [0.4, 0.5) is 5.13 Å². The van der Waals surface area contributed by atoms with Gasteiger partial charge in [0.05, 0.1) is 18.6 Å². The Morgan fingerprint density at radius 3 is 3.22 bits per heavy atom. The maximum absolute atomic E-state index is 12.1. The number of furan rings is 1. The van der Waals surface area contributed by atoms with Crippen LogP contribution in [0.5, 0.6) is 0 Å². The summed E-state index contributed by atoms with van der Waals surface area (Å²) in [6.45, 7) is 4.74. The normalized spacial score (nSPS) is 17.4. The van der Waals surface area contributed by atoms with E-state index in [1.165, 1.54) is 30.9 Å². The SMILES string of the molecule is C[C@H]1CCCN(c2nc3ncnc(SCC(=O)NCc4ccco4)c3s2)C1. The Morgan fingerprint density at radius 2 is 2.41 bits per heavy atom. The summed E-state index contributed by atoms with van der Waals surface area (Å²) in [5.41, 5.74) is 0.710. The number of anilines is 1. The van der Waals surface area contributed by atoms with Crippen LogP contribution in [0.1, 0.15) is 25.5 Å². The van der Waals surface area contributed by atoms with Gasteiger partial charge in [-0.3, -0.25) is 4.79 Å². The summed E-state index contributed by atoms with van der Waals surface area (Å²) in [7, 11) is 0. The Bertz CT molecular complexity index is 912. The van der Waals surface area contributed by atoms with Gasteiger partial charge in [0.1, 0.15) is 21.8 Å². The molecule has 4 rings (SSSR count). The van der Waals surface area contributed by atoms with Gasteiger partial charge in [-0.25, -0.2) is 9.97 Å². The van der Waals surface area contributed by atoms with Crippen molar-refractivity contribution in [2.45, 2.75) is 31.3 Å². The van der Waals surface area contributed by atoms with Crippen LogP contribution in [-0.4, -0.2) is 39.7 Å². The Morgan fingerprint density at radius 1 is 1.48 bits per heavy atom. The number of nitrogens with zero attached hydrogens (tertiary/aromatic N) is 4. The third kappa shape index (κ3) is 4.41. The molecule has 1 N–H and O–H groups in total. The smallest absolute Gasteiger partial charge is 0.230 e. The number of amides is 1. The molecule has 3 aromatic rings. The van der Waals surface area contributed by atoms with Gasteiger partial charge in [-0.15, -0.1) is 0 Å². The fourth-order valence-electron chi connectivity index (χ4n) is 3.11. The molecule has 1 atom stereocenters. The average Bonchev–Trinajstić information content (AvgIpc) is 3.34. The molecule has 0 saturated carbocycles. The average molecular weight is 404 g/mol. The quantitative estimate of drug-likeness (QED) is 0.499. The summed E-state index contributed by atoms with van der Waals surface area (Å²) in [6, 6.07) is 3.64. The molecule has 0 bridgehead atoms. The van der Waals surface area contributed by atoms with Crippen molar-refractivity contribution in [3.8, 4) is 0 Å². The standard InChI is InChI=1S/C18H21N5O2S2/c1-12-4-2-6-23(9-12)18-22-16-15(27-18)17(21-11-20-16)26-10-14(24)19-8-13-5-3-7-25-13/h3,5,7,11-12H,2,4,6,8-10H2,1H3,(H,19,24)/t12-/m0/s1. The van der Waals surface area contributed by atoms with Crippen molar-refractivity contribution in [3.05, 3.63) is 30.5 Å². The lowest BCUT2D eigenvalue weighted by Gasteiger charge is -2.30. The first-order valence-corrected chi connectivity index (χ1v) is 10.8. The number of hydrogen-bond acceptors (Lipinski definition) is 8. The van der Waals surface area contributed by atoms with Crippen molar-refractivity contribution in [3.63, 3.8) is 0 Å². The highest BCUT2D eigenvalue weighted by Gasteiger charge is 2.21. The van der Waals surface area contributed by atoms with Gasteiger partial charge in [-0.1, -0.05) is 30.0 Å². The van der Waals surface area contributed by atoms with Crippen LogP contribution in [0.2, 0.25) is 0 Å². The zero-order valence-electron chi connectivity index (χ0n) is 15.1. The number of hydrogen-bond donors (Lipinski definition) is 1. The summed E-state index contributed by atoms with van der Waals surface area (Å²) in [5, 5.41) is 4.66. The van der Waals surface area contributed by atoms with E-state index in [-0.39, 0.29) is 5.91 Å². The minimum absolute atomic E-state index is 0.0576. The van der Waals surface area contributed by atoms with Crippen molar-refractivity contribution >= 4 is 44.5 Å². The van der Waals surface area contributed by atoms with Crippen molar-refractivity contribution in [1.82, 2.24) is 20.3 Å². The minimum atomic E-state index is -0.0576. The number of thioether (sulfide) groups is 1. The summed E-state index contributed by atoms with van der Waals surface area (Å²) in [6.07, 6.45) is 5.59. The minimum Gasteiger partial charge on any atom is -0.467 e. The molecule has 4 heterocycles. The van der Waals surface area contributed by atoms with Gasteiger partial charge in [0.25, 0.3) is 0 Å². The molecule has 9 heteroatoms. The zero-order valence-corrected chi connectivity index (χ0v) is 16.7. The fraction of sp³-hybridized carbons (Fsp3) is 0.444. The molecule has 142 valence electrons. The van der Waals surface area contributed by atoms with E-state index >= 15 is 0 Å². The highest BCUT2D eigenvalue weighted by molar-refractivity contribution is 8.00. The van der Waals surface area contributed by atoms with Gasteiger partial charge in [0.15, 0.2) is 10.8 Å². The Balaban J connectivity index is 1.41. The summed E-state index contributed by atoms with van der Waals surface area (Å²) in [5.74, 6) is 1.66. The number of carbonyl (C=O) groups is 1. The molecule has 0 radical (unpaired) electrons. The zero-order chi connectivity index (χ0) is 18.6. The molecule has 1 amide bonds. The van der Waals surface area contributed by atoms with Gasteiger partial charge in [-0.05, 0) is 30.9 Å². The molecule has 0 spiro atoms. The van der Waals surface area contributed by atoms with Crippen LogP contribution < -0.4 is 10.2 Å². The topological polar surface area (TPSA) is 84.2 Å². The van der Waals surface area contributed by atoms with Crippen molar-refractivity contribution in [2.24, 2.45) is 5.92 Å². The first kappa shape index (κ1) is 18.2. The van der Waals surface area contributed by atoms with E-state index in [9.17, 15) is 4.79 Å². The first-order valence-electron chi connectivity index (χ1n) is 8.97. The maximum Gasteiger partial charge on any atom is 0.230 e. The third-order valence-corrected chi connectivity index (χ3v) is 6.69. The number of carbonyl (C=O) groups excluding carboxylic acids is 1. The second-order valence-electron chi connectivity index (χ2n) is 6.67. The number of fused-ring (bicyclic) bond motifs is 1. The van der Waals surface area contributed by atoms with Gasteiger partial charge in [0.2, 0.25) is 5.91 Å². The van der Waals surface area contributed by atoms with E-state index < -0.39 is 0 Å². The maximum atomic E-state index is 12.1. The van der Waals surface area contributed by atoms with Crippen molar-refractivity contribution in [1.29, 1.82) is 0 Å². The monoisotopic (exact) mass is 403 g/mol. The van der Waals surface area contributed by atoms with E-state index in [0.717, 1.165) is 33.7 Å². The lowest BCUT2D eigenvalue weighted by molar-refractivity contribution is -0.118. The van der Waals surface area contributed by atoms with E-state index in [1.807, 2.05) is 6.07 Å². The van der Waals surface area contributed by atoms with E-state index in [4.69, 9.17) is 9.40 Å². The lowest BCUT2D eigenvalue weighted by atomic mass is 10.0. The van der Waals surface area contributed by atoms with Crippen LogP contribution in [-0.2, 0) is 11.3 Å². The van der Waals surface area contributed by atoms with E-state index in [0.29, 0.717) is 23.9 Å². The molecule has 27 heavy (non-hydrogen) atoms. The fourth-order valence-corrected chi connectivity index (χ4v) is 5.06. The first-order chi connectivity index (χ1) is 13.2. The predicted molar refractivity (Wildman–Crippen MR) is 107 cm³/mol. The number of piperidine rings is 1. The van der Waals surface area contributed by atoms with Crippen molar-refractivity contribution in [2.75, 3.05) is 23.7 Å². The van der Waals surface area contributed by atoms with Crippen LogP contribution in [0, 0.1) is 5.92 Å². The van der Waals surface area contributed by atoms with E-state index in [1.54, 1.807) is 23.7 Å². The second kappa shape index (κ2) is 8.26. The van der Waals surface area contributed by atoms with Gasteiger partial charge >= 0.3 is 0 Å². The molecular weight excluding hydrogens is 382 g/mol. The van der Waals surface area contributed by atoms with Crippen LogP contribution >= 0.6 is 23.1 Å². The summed E-state index contributed by atoms with van der Waals surface area (Å²) in [4.78, 5) is 27.8. The van der Waals surface area contributed by atoms with E-state index in [2.05, 4.69) is 27.1 Å². The summed E-state index contributed by atoms with van der Waals surface area (Å²) >= 11 is 3.03. The largest absolute Gasteiger partial charge is 0.467 e. The van der Waals surface area contributed by atoms with Gasteiger partial charge < -0.3 is 14.6 Å². The Labute approximate surface area is 165 Å². The molecule has 7 nitrogen and oxygen atoms in total. The second-order valence-corrected chi connectivity index (χ2v) is 8.61. The molecular formula is C18H21N5O2S2. The number of nitrogens with one attached hydrogen (secondary N) is 1. The van der Waals surface area contributed by atoms with Crippen molar-refractivity contribution < 1.29 is 9.21 Å². The molecule has 1 aliphatic heterocycles. The molecule has 3 aromatic heterocycles. The Kier molecular flexibility index (Phi) is 5.58. The number of thiazole rings is 1. The highest BCUT2D eigenvalue weighted by Crippen LogP contribution is 2.35. The molecule has 1 aliphatic rings. The van der Waals surface area contributed by atoms with Crippen LogP contribution in [0.3, 0.4) is 0 Å². The third-order valence-electron chi connectivity index (χ3n) is 4.45. The van der Waals surface area contributed by atoms with Gasteiger partial charge in [0, 0.05) is 13.1 Å². The summed E-state index contributed by atoms with van der Waals surface area (Å²) < 4.78 is 6.17. The highest BCUT2D eigenvalue weighted by atomic mass is 32.2.